The lowest BCUT2D eigenvalue weighted by Crippen LogP contribution is -2.59. The van der Waals surface area contributed by atoms with Crippen molar-refractivity contribution < 1.29 is 44.4 Å². The largest absolute Gasteiger partial charge is 0.480 e. The van der Waals surface area contributed by atoms with Crippen LogP contribution in [-0.4, -0.2) is 94.0 Å². The molecule has 0 unspecified atom stereocenters. The van der Waals surface area contributed by atoms with E-state index in [-0.39, 0.29) is 0 Å². The number of rotatable bonds is 12. The molecule has 0 radical (unpaired) electrons. The van der Waals surface area contributed by atoms with Gasteiger partial charge in [0.05, 0.1) is 26.2 Å². The van der Waals surface area contributed by atoms with Gasteiger partial charge in [-0.1, -0.05) is 0 Å². The molecule has 0 saturated carbocycles. The first-order valence-electron chi connectivity index (χ1n) is 7.57. The van der Waals surface area contributed by atoms with Crippen molar-refractivity contribution in [1.82, 2.24) is 16.0 Å². The third-order valence-electron chi connectivity index (χ3n) is 3.18. The Morgan fingerprint density at radius 1 is 0.741 bits per heavy atom. The lowest BCUT2D eigenvalue weighted by Gasteiger charge is -2.23. The Balaban J connectivity index is 5.13. The first-order chi connectivity index (χ1) is 12.6. The first kappa shape index (κ1) is 24.2. The minimum absolute atomic E-state index is 0.677. The molecule has 14 heteroatoms. The van der Waals surface area contributed by atoms with Crippen molar-refractivity contribution in [3.8, 4) is 0 Å². The average Bonchev–Trinajstić information content (AvgIpc) is 2.61. The summed E-state index contributed by atoms with van der Waals surface area (Å²) >= 11 is 0. The lowest BCUT2D eigenvalue weighted by molar-refractivity contribution is -0.143. The molecule has 27 heavy (non-hydrogen) atoms. The highest BCUT2D eigenvalue weighted by Gasteiger charge is 2.30. The summed E-state index contributed by atoms with van der Waals surface area (Å²) in [4.78, 5) is 57.6. The summed E-state index contributed by atoms with van der Waals surface area (Å²) < 4.78 is 0. The molecule has 0 bridgehead atoms. The normalized spacial score (nSPS) is 15.0. The number of aliphatic carboxylic acids is 1. The molecule has 0 spiro atoms. The molecule has 0 aromatic rings. The van der Waals surface area contributed by atoms with E-state index >= 15 is 0 Å². The van der Waals surface area contributed by atoms with Crippen LogP contribution < -0.4 is 27.4 Å². The van der Waals surface area contributed by atoms with Crippen LogP contribution in [0.5, 0.6) is 0 Å². The zero-order chi connectivity index (χ0) is 21.1. The van der Waals surface area contributed by atoms with Crippen LogP contribution in [0.25, 0.3) is 0 Å². The van der Waals surface area contributed by atoms with Crippen molar-refractivity contribution in [2.45, 2.75) is 30.6 Å². The molecule has 0 aliphatic heterocycles. The van der Waals surface area contributed by atoms with Crippen LogP contribution in [0.2, 0.25) is 0 Å². The number of hydrogen-bond acceptors (Lipinski definition) is 9. The zero-order valence-electron chi connectivity index (χ0n) is 14.1. The number of primary amides is 1. The molecule has 0 aromatic carbocycles. The van der Waals surface area contributed by atoms with Crippen LogP contribution in [0.15, 0.2) is 0 Å². The van der Waals surface area contributed by atoms with E-state index in [1.54, 1.807) is 0 Å². The highest BCUT2D eigenvalue weighted by molar-refractivity contribution is 5.96. The fourth-order valence-corrected chi connectivity index (χ4v) is 1.70. The van der Waals surface area contributed by atoms with Crippen molar-refractivity contribution >= 4 is 29.6 Å². The van der Waals surface area contributed by atoms with Gasteiger partial charge in [-0.15, -0.1) is 0 Å². The number of carbonyl (C=O) groups is 5. The Hall–Kier alpha value is -2.81. The molecule has 0 saturated heterocycles. The summed E-state index contributed by atoms with van der Waals surface area (Å²) in [6.45, 7) is -2.63. The van der Waals surface area contributed by atoms with Gasteiger partial charge in [0, 0.05) is 0 Å². The van der Waals surface area contributed by atoms with E-state index in [9.17, 15) is 29.1 Å². The van der Waals surface area contributed by atoms with Crippen LogP contribution in [0.4, 0.5) is 0 Å². The predicted molar refractivity (Wildman–Crippen MR) is 86.5 cm³/mol. The Bertz CT molecular complexity index is 570. The maximum absolute atomic E-state index is 12.2. The molecular formula is C13H23N5O9. The smallest absolute Gasteiger partial charge is 0.328 e. The molecule has 0 heterocycles. The molecule has 14 nitrogen and oxygen atoms in total. The molecule has 4 amide bonds. The fraction of sp³-hybridized carbons (Fsp3) is 0.615. The van der Waals surface area contributed by atoms with Gasteiger partial charge < -0.3 is 47.8 Å². The third-order valence-corrected chi connectivity index (χ3v) is 3.18. The quantitative estimate of drug-likeness (QED) is 0.151. The van der Waals surface area contributed by atoms with Gasteiger partial charge in [0.25, 0.3) is 0 Å². The number of nitrogens with two attached hydrogens (primary N) is 2. The second-order valence-corrected chi connectivity index (χ2v) is 5.35. The van der Waals surface area contributed by atoms with Gasteiger partial charge in [0.15, 0.2) is 0 Å². The molecule has 0 rings (SSSR count). The van der Waals surface area contributed by atoms with Gasteiger partial charge in [0.2, 0.25) is 23.6 Å². The van der Waals surface area contributed by atoms with Gasteiger partial charge in [0.1, 0.15) is 24.2 Å². The van der Waals surface area contributed by atoms with Gasteiger partial charge >= 0.3 is 5.97 Å². The summed E-state index contributed by atoms with van der Waals surface area (Å²) in [6.07, 6.45) is -0.677. The highest BCUT2D eigenvalue weighted by atomic mass is 16.4. The lowest BCUT2D eigenvalue weighted by atomic mass is 10.1. The second kappa shape index (κ2) is 11.7. The monoisotopic (exact) mass is 393 g/mol. The molecule has 11 N–H and O–H groups in total. The molecule has 0 fully saturated rings. The number of carboxylic acid groups (broad SMARTS) is 1. The number of aliphatic hydroxyl groups excluding tert-OH is 3. The molecule has 0 aromatic heterocycles. The second-order valence-electron chi connectivity index (χ2n) is 5.35. The van der Waals surface area contributed by atoms with E-state index < -0.39 is 80.0 Å². The maximum Gasteiger partial charge on any atom is 0.328 e. The van der Waals surface area contributed by atoms with Gasteiger partial charge in [-0.2, -0.15) is 0 Å². The number of carbonyl (C=O) groups excluding carboxylic acids is 4. The summed E-state index contributed by atoms with van der Waals surface area (Å²) in [5.74, 6) is -5.74. The van der Waals surface area contributed by atoms with Crippen LogP contribution in [0, 0.1) is 0 Å². The minimum atomic E-state index is -1.67. The summed E-state index contributed by atoms with van der Waals surface area (Å²) in [5.41, 5.74) is 10.3. The van der Waals surface area contributed by atoms with Crippen LogP contribution >= 0.6 is 0 Å². The third kappa shape index (κ3) is 8.41. The predicted octanol–water partition coefficient (Wildman–Crippen LogP) is -6.29. The summed E-state index contributed by atoms with van der Waals surface area (Å²) in [6, 6.07) is -6.27. The molecule has 0 aliphatic rings. The van der Waals surface area contributed by atoms with E-state index in [0.29, 0.717) is 0 Å². The van der Waals surface area contributed by atoms with Crippen LogP contribution in [0.1, 0.15) is 6.42 Å². The van der Waals surface area contributed by atoms with Crippen LogP contribution in [0.3, 0.4) is 0 Å². The summed E-state index contributed by atoms with van der Waals surface area (Å²) in [7, 11) is 0. The number of carboxylic acids is 1. The summed E-state index contributed by atoms with van der Waals surface area (Å²) in [5, 5.41) is 41.6. The van der Waals surface area contributed by atoms with E-state index in [1.165, 1.54) is 0 Å². The van der Waals surface area contributed by atoms with Crippen molar-refractivity contribution in [3.63, 3.8) is 0 Å². The van der Waals surface area contributed by atoms with E-state index in [0.717, 1.165) is 0 Å². The Labute approximate surface area is 152 Å². The number of aliphatic hydroxyl groups is 3. The zero-order valence-corrected chi connectivity index (χ0v) is 14.1. The fourth-order valence-electron chi connectivity index (χ4n) is 1.70. The van der Waals surface area contributed by atoms with Crippen LogP contribution in [-0.2, 0) is 24.0 Å². The molecule has 4 atom stereocenters. The Kier molecular flexibility index (Phi) is 10.5. The van der Waals surface area contributed by atoms with Gasteiger partial charge in [-0.3, -0.25) is 19.2 Å². The SMILES string of the molecule is NC(=O)C[C@H](NC(=O)[C@@H](N)CO)C(=O)N[C@@H](CO)C(=O)N[C@@H](CO)C(=O)O. The first-order valence-corrected chi connectivity index (χ1v) is 7.57. The Morgan fingerprint density at radius 3 is 1.59 bits per heavy atom. The van der Waals surface area contributed by atoms with E-state index in [1.807, 2.05) is 10.6 Å². The van der Waals surface area contributed by atoms with Crippen molar-refractivity contribution in [2.75, 3.05) is 19.8 Å². The van der Waals surface area contributed by atoms with E-state index in [2.05, 4.69) is 5.32 Å². The maximum atomic E-state index is 12.2. The standard InChI is InChI=1S/C13H23N5O9/c14-5(2-19)10(23)16-6(1-9(15)22)11(24)17-7(3-20)12(25)18-8(4-21)13(26)27/h5-8,19-21H,1-4,14H2,(H2,15,22)(H,16,23)(H,17,24)(H,18,25)(H,26,27)/t5-,6-,7-,8-/m0/s1. The number of hydrogen-bond donors (Lipinski definition) is 9. The number of amides is 4. The van der Waals surface area contributed by atoms with Gasteiger partial charge in [-0.05, 0) is 0 Å². The van der Waals surface area contributed by atoms with Crippen molar-refractivity contribution in [1.29, 1.82) is 0 Å². The minimum Gasteiger partial charge on any atom is -0.480 e. The highest BCUT2D eigenvalue weighted by Crippen LogP contribution is 1.96. The molecule has 0 aliphatic carbocycles. The van der Waals surface area contributed by atoms with E-state index in [4.69, 9.17) is 26.8 Å². The number of nitrogens with one attached hydrogen (secondary N) is 3. The van der Waals surface area contributed by atoms with Crippen molar-refractivity contribution in [2.24, 2.45) is 11.5 Å². The Morgan fingerprint density at radius 2 is 1.19 bits per heavy atom. The molecule has 154 valence electrons. The topological polar surface area (TPSA) is 254 Å². The average molecular weight is 393 g/mol. The molecular weight excluding hydrogens is 370 g/mol. The van der Waals surface area contributed by atoms with Crippen molar-refractivity contribution in [3.05, 3.63) is 0 Å². The van der Waals surface area contributed by atoms with Gasteiger partial charge in [-0.25, -0.2) is 4.79 Å².